The zero-order valence-corrected chi connectivity index (χ0v) is 13.6. The van der Waals surface area contributed by atoms with Crippen LogP contribution < -0.4 is 5.32 Å². The Kier molecular flexibility index (Phi) is 5.20. The normalized spacial score (nSPS) is 10.8. The number of amides is 1. The maximum atomic E-state index is 13.0. The van der Waals surface area contributed by atoms with Crippen LogP contribution in [0.25, 0.3) is 23.0 Å². The Labute approximate surface area is 143 Å². The van der Waals surface area contributed by atoms with Crippen LogP contribution >= 0.6 is 0 Å². The van der Waals surface area contributed by atoms with Crippen LogP contribution in [0.15, 0.2) is 47.1 Å². The van der Waals surface area contributed by atoms with Crippen LogP contribution in [0.4, 0.5) is 4.39 Å². The average Bonchev–Trinajstić information content (AvgIpc) is 3.25. The maximum absolute atomic E-state index is 13.0. The lowest BCUT2D eigenvalue weighted by Gasteiger charge is -2.07. The van der Waals surface area contributed by atoms with Crippen molar-refractivity contribution in [1.29, 1.82) is 0 Å². The van der Waals surface area contributed by atoms with E-state index in [2.05, 4.69) is 15.5 Å². The number of aromatic nitrogens is 3. The van der Waals surface area contributed by atoms with Gasteiger partial charge in [-0.05, 0) is 36.4 Å². The fraction of sp³-hybridized carbons (Fsp3) is 0.235. The molecule has 0 aliphatic heterocycles. The molecule has 1 N–H and O–H groups in total. The molecule has 0 saturated heterocycles. The third-order valence-corrected chi connectivity index (χ3v) is 3.52. The first-order valence-electron chi connectivity index (χ1n) is 7.68. The smallest absolute Gasteiger partial charge is 0.274 e. The Hall–Kier alpha value is -3.00. The predicted octanol–water partition coefficient (Wildman–Crippen LogP) is 2.11. The molecule has 0 unspecified atom stereocenters. The van der Waals surface area contributed by atoms with Crippen molar-refractivity contribution in [3.05, 3.63) is 48.4 Å². The molecular weight excluding hydrogens is 327 g/mol. The van der Waals surface area contributed by atoms with E-state index in [0.717, 1.165) is 0 Å². The van der Waals surface area contributed by atoms with Crippen molar-refractivity contribution in [2.75, 3.05) is 20.3 Å². The first-order valence-corrected chi connectivity index (χ1v) is 7.68. The van der Waals surface area contributed by atoms with Crippen LogP contribution in [-0.4, -0.2) is 40.9 Å². The van der Waals surface area contributed by atoms with E-state index in [1.807, 2.05) is 0 Å². The van der Waals surface area contributed by atoms with E-state index in [4.69, 9.17) is 9.26 Å². The van der Waals surface area contributed by atoms with E-state index in [9.17, 15) is 9.18 Å². The zero-order valence-electron chi connectivity index (χ0n) is 13.6. The van der Waals surface area contributed by atoms with Gasteiger partial charge in [-0.3, -0.25) is 4.79 Å². The van der Waals surface area contributed by atoms with Crippen LogP contribution in [0.1, 0.15) is 0 Å². The fourth-order valence-electron chi connectivity index (χ4n) is 2.29. The van der Waals surface area contributed by atoms with Crippen LogP contribution in [0.5, 0.6) is 0 Å². The Morgan fingerprint density at radius 1 is 1.32 bits per heavy atom. The molecule has 130 valence electrons. The Morgan fingerprint density at radius 2 is 2.12 bits per heavy atom. The standard InChI is InChI=1S/C17H17FN4O3/c1-24-10-8-19-15(23)11-22-9-2-3-14(22)17-20-16(21-25-17)12-4-6-13(18)7-5-12/h2-7,9H,8,10-11H2,1H3,(H,19,23). The van der Waals surface area contributed by atoms with Gasteiger partial charge in [0.1, 0.15) is 18.1 Å². The zero-order chi connectivity index (χ0) is 17.6. The first kappa shape index (κ1) is 16.8. The second kappa shape index (κ2) is 7.71. The molecule has 0 spiro atoms. The summed E-state index contributed by atoms with van der Waals surface area (Å²) in [6.07, 6.45) is 1.76. The van der Waals surface area contributed by atoms with Crippen molar-refractivity contribution < 1.29 is 18.4 Å². The summed E-state index contributed by atoms with van der Waals surface area (Å²) < 4.78 is 24.9. The number of halogens is 1. The highest BCUT2D eigenvalue weighted by atomic mass is 19.1. The van der Waals surface area contributed by atoms with Gasteiger partial charge in [0.2, 0.25) is 11.7 Å². The van der Waals surface area contributed by atoms with Crippen LogP contribution in [0, 0.1) is 5.82 Å². The van der Waals surface area contributed by atoms with Gasteiger partial charge in [-0.2, -0.15) is 4.98 Å². The Balaban J connectivity index is 1.74. The van der Waals surface area contributed by atoms with Gasteiger partial charge in [0.05, 0.1) is 6.61 Å². The largest absolute Gasteiger partial charge is 0.383 e. The number of carbonyl (C=O) groups is 1. The molecule has 0 fully saturated rings. The molecule has 2 aromatic heterocycles. The number of carbonyl (C=O) groups excluding carboxylic acids is 1. The summed E-state index contributed by atoms with van der Waals surface area (Å²) in [5.41, 5.74) is 1.27. The van der Waals surface area contributed by atoms with E-state index in [0.29, 0.717) is 30.2 Å². The number of nitrogens with one attached hydrogen (secondary N) is 1. The number of nitrogens with zero attached hydrogens (tertiary/aromatic N) is 3. The summed E-state index contributed by atoms with van der Waals surface area (Å²) in [5, 5.41) is 6.66. The van der Waals surface area contributed by atoms with Crippen molar-refractivity contribution in [2.45, 2.75) is 6.54 Å². The summed E-state index contributed by atoms with van der Waals surface area (Å²) in [6, 6.07) is 9.39. The monoisotopic (exact) mass is 344 g/mol. The molecule has 0 bridgehead atoms. The third-order valence-electron chi connectivity index (χ3n) is 3.52. The van der Waals surface area contributed by atoms with E-state index in [1.54, 1.807) is 42.1 Å². The van der Waals surface area contributed by atoms with Crippen LogP contribution in [0.3, 0.4) is 0 Å². The lowest BCUT2D eigenvalue weighted by atomic mass is 10.2. The van der Waals surface area contributed by atoms with E-state index >= 15 is 0 Å². The SMILES string of the molecule is COCCNC(=O)Cn1cccc1-c1nc(-c2ccc(F)cc2)no1. The van der Waals surface area contributed by atoms with Gasteiger partial charge < -0.3 is 19.1 Å². The third kappa shape index (κ3) is 4.10. The minimum absolute atomic E-state index is 0.125. The van der Waals surface area contributed by atoms with Crippen molar-refractivity contribution in [3.8, 4) is 23.0 Å². The van der Waals surface area contributed by atoms with Crippen molar-refractivity contribution in [2.24, 2.45) is 0 Å². The summed E-state index contributed by atoms with van der Waals surface area (Å²) in [5.74, 6) is 0.162. The molecule has 0 aliphatic rings. The van der Waals surface area contributed by atoms with E-state index < -0.39 is 0 Å². The fourth-order valence-corrected chi connectivity index (χ4v) is 2.29. The molecule has 0 atom stereocenters. The molecule has 2 heterocycles. The summed E-state index contributed by atoms with van der Waals surface area (Å²) in [6.45, 7) is 1.02. The molecule has 1 amide bonds. The van der Waals surface area contributed by atoms with Crippen molar-refractivity contribution >= 4 is 5.91 Å². The second-order valence-corrected chi connectivity index (χ2v) is 5.29. The van der Waals surface area contributed by atoms with Crippen LogP contribution in [0.2, 0.25) is 0 Å². The molecule has 0 aliphatic carbocycles. The van der Waals surface area contributed by atoms with Crippen LogP contribution in [-0.2, 0) is 16.1 Å². The number of ether oxygens (including phenoxy) is 1. The lowest BCUT2D eigenvalue weighted by molar-refractivity contribution is -0.121. The molecule has 25 heavy (non-hydrogen) atoms. The molecule has 7 nitrogen and oxygen atoms in total. The predicted molar refractivity (Wildman–Crippen MR) is 88.0 cm³/mol. The number of methoxy groups -OCH3 is 1. The highest BCUT2D eigenvalue weighted by molar-refractivity contribution is 5.76. The first-order chi connectivity index (χ1) is 12.2. The highest BCUT2D eigenvalue weighted by Gasteiger charge is 2.15. The van der Waals surface area contributed by atoms with Gasteiger partial charge in [0.25, 0.3) is 5.89 Å². The summed E-state index contributed by atoms with van der Waals surface area (Å²) >= 11 is 0. The number of hydrogen-bond donors (Lipinski definition) is 1. The molecule has 0 saturated carbocycles. The maximum Gasteiger partial charge on any atom is 0.274 e. The number of hydrogen-bond acceptors (Lipinski definition) is 5. The van der Waals surface area contributed by atoms with Gasteiger partial charge in [0, 0.05) is 25.4 Å². The van der Waals surface area contributed by atoms with E-state index in [1.165, 1.54) is 12.1 Å². The molecular formula is C17H17FN4O3. The van der Waals surface area contributed by atoms with Gasteiger partial charge >= 0.3 is 0 Å². The molecule has 8 heteroatoms. The Morgan fingerprint density at radius 3 is 2.88 bits per heavy atom. The summed E-state index contributed by atoms with van der Waals surface area (Å²) in [7, 11) is 1.57. The van der Waals surface area contributed by atoms with Gasteiger partial charge in [0.15, 0.2) is 0 Å². The highest BCUT2D eigenvalue weighted by Crippen LogP contribution is 2.22. The second-order valence-electron chi connectivity index (χ2n) is 5.29. The average molecular weight is 344 g/mol. The van der Waals surface area contributed by atoms with Crippen molar-refractivity contribution in [1.82, 2.24) is 20.0 Å². The topological polar surface area (TPSA) is 82.2 Å². The van der Waals surface area contributed by atoms with Crippen molar-refractivity contribution in [3.63, 3.8) is 0 Å². The number of rotatable bonds is 7. The van der Waals surface area contributed by atoms with Gasteiger partial charge in [-0.1, -0.05) is 5.16 Å². The molecule has 3 aromatic rings. The van der Waals surface area contributed by atoms with E-state index in [-0.39, 0.29) is 24.2 Å². The minimum Gasteiger partial charge on any atom is -0.383 e. The molecule has 3 rings (SSSR count). The molecule has 1 aromatic carbocycles. The van der Waals surface area contributed by atoms with Gasteiger partial charge in [-0.15, -0.1) is 0 Å². The molecule has 0 radical (unpaired) electrons. The summed E-state index contributed by atoms with van der Waals surface area (Å²) in [4.78, 5) is 16.3. The minimum atomic E-state index is -0.333. The number of benzene rings is 1. The quantitative estimate of drug-likeness (QED) is 0.664. The Bertz CT molecular complexity index is 842. The lowest BCUT2D eigenvalue weighted by Crippen LogP contribution is -2.30. The van der Waals surface area contributed by atoms with Gasteiger partial charge in [-0.25, -0.2) is 4.39 Å².